The van der Waals surface area contributed by atoms with E-state index in [1.54, 1.807) is 19.9 Å². The van der Waals surface area contributed by atoms with Gasteiger partial charge in [0.25, 0.3) is 11.5 Å². The van der Waals surface area contributed by atoms with Crippen molar-refractivity contribution >= 4 is 11.6 Å². The van der Waals surface area contributed by atoms with E-state index in [2.05, 4.69) is 10.4 Å². The lowest BCUT2D eigenvalue weighted by Gasteiger charge is -2.13. The Labute approximate surface area is 140 Å². The van der Waals surface area contributed by atoms with Gasteiger partial charge >= 0.3 is 0 Å². The summed E-state index contributed by atoms with van der Waals surface area (Å²) in [6.45, 7) is 4.16. The van der Waals surface area contributed by atoms with Gasteiger partial charge in [0.1, 0.15) is 11.3 Å². The molecule has 126 valence electrons. The number of nitrogens with one attached hydrogen (secondary N) is 1. The van der Waals surface area contributed by atoms with Crippen molar-refractivity contribution in [1.82, 2.24) is 9.78 Å². The molecule has 24 heavy (non-hydrogen) atoms. The summed E-state index contributed by atoms with van der Waals surface area (Å²) in [5.41, 5.74) is 1.51. The van der Waals surface area contributed by atoms with Gasteiger partial charge in [-0.05, 0) is 50.3 Å². The highest BCUT2D eigenvalue weighted by atomic mass is 16.5. The van der Waals surface area contributed by atoms with E-state index in [4.69, 9.17) is 4.74 Å². The molecule has 6 heteroatoms. The van der Waals surface area contributed by atoms with Gasteiger partial charge in [0.05, 0.1) is 18.0 Å². The van der Waals surface area contributed by atoms with Gasteiger partial charge in [-0.25, -0.2) is 4.68 Å². The van der Waals surface area contributed by atoms with E-state index in [0.29, 0.717) is 35.2 Å². The summed E-state index contributed by atoms with van der Waals surface area (Å²) < 4.78 is 6.98. The van der Waals surface area contributed by atoms with Crippen LogP contribution in [0, 0.1) is 19.8 Å². The highest BCUT2D eigenvalue weighted by Crippen LogP contribution is 2.31. The Kier molecular flexibility index (Phi) is 4.38. The summed E-state index contributed by atoms with van der Waals surface area (Å²) >= 11 is 0. The van der Waals surface area contributed by atoms with Crippen LogP contribution in [0.1, 0.15) is 34.5 Å². The van der Waals surface area contributed by atoms with Crippen molar-refractivity contribution in [3.63, 3.8) is 0 Å². The van der Waals surface area contributed by atoms with Crippen molar-refractivity contribution < 1.29 is 9.53 Å². The summed E-state index contributed by atoms with van der Waals surface area (Å²) in [5.74, 6) is 0.797. The molecule has 0 bridgehead atoms. The number of benzene rings is 1. The van der Waals surface area contributed by atoms with Gasteiger partial charge in [0.15, 0.2) is 0 Å². The van der Waals surface area contributed by atoms with E-state index in [1.807, 2.05) is 18.2 Å². The van der Waals surface area contributed by atoms with E-state index in [1.165, 1.54) is 24.6 Å². The van der Waals surface area contributed by atoms with E-state index in [0.717, 1.165) is 0 Å². The molecule has 3 rings (SSSR count). The average molecular weight is 327 g/mol. The highest BCUT2D eigenvalue weighted by Gasteiger charge is 2.23. The zero-order valence-electron chi connectivity index (χ0n) is 14.1. The molecular formula is C18H21N3O3. The smallest absolute Gasteiger partial charge is 0.279 e. The number of carbonyl (C=O) groups is 1. The summed E-state index contributed by atoms with van der Waals surface area (Å²) in [6.07, 6.45) is 2.39. The first-order valence-corrected chi connectivity index (χ1v) is 8.05. The molecule has 0 saturated heterocycles. The minimum Gasteiger partial charge on any atom is -0.491 e. The number of ether oxygens (including phenoxy) is 1. The van der Waals surface area contributed by atoms with Crippen molar-refractivity contribution in [2.45, 2.75) is 26.7 Å². The van der Waals surface area contributed by atoms with Gasteiger partial charge in [-0.1, -0.05) is 12.1 Å². The van der Waals surface area contributed by atoms with Crippen molar-refractivity contribution in [2.75, 3.05) is 11.9 Å². The van der Waals surface area contributed by atoms with E-state index in [-0.39, 0.29) is 5.56 Å². The lowest BCUT2D eigenvalue weighted by atomic mass is 10.1. The molecule has 0 atom stereocenters. The topological polar surface area (TPSA) is 73.2 Å². The lowest BCUT2D eigenvalue weighted by molar-refractivity contribution is 0.102. The Bertz CT molecular complexity index is 838. The fourth-order valence-electron chi connectivity index (χ4n) is 2.49. The molecule has 1 N–H and O–H groups in total. The predicted octanol–water partition coefficient (Wildman–Crippen LogP) is 2.44. The normalized spacial score (nSPS) is 13.6. The van der Waals surface area contributed by atoms with Crippen LogP contribution in [-0.2, 0) is 7.05 Å². The van der Waals surface area contributed by atoms with Crippen molar-refractivity contribution in [3.8, 4) is 5.75 Å². The fourth-order valence-corrected chi connectivity index (χ4v) is 2.49. The van der Waals surface area contributed by atoms with Crippen LogP contribution in [0.3, 0.4) is 0 Å². The molecule has 0 aliphatic heterocycles. The van der Waals surface area contributed by atoms with Crippen LogP contribution in [0.2, 0.25) is 0 Å². The Hall–Kier alpha value is -2.63. The monoisotopic (exact) mass is 327 g/mol. The molecule has 1 amide bonds. The molecule has 1 aliphatic rings. The second kappa shape index (κ2) is 6.47. The van der Waals surface area contributed by atoms with Gasteiger partial charge < -0.3 is 10.1 Å². The van der Waals surface area contributed by atoms with Gasteiger partial charge in [-0.3, -0.25) is 9.59 Å². The second-order valence-corrected chi connectivity index (χ2v) is 6.22. The van der Waals surface area contributed by atoms with Crippen molar-refractivity contribution in [2.24, 2.45) is 13.0 Å². The maximum Gasteiger partial charge on any atom is 0.279 e. The van der Waals surface area contributed by atoms with Crippen LogP contribution in [0.5, 0.6) is 5.75 Å². The number of hydrogen-bond acceptors (Lipinski definition) is 4. The average Bonchev–Trinajstić information content (AvgIpc) is 3.37. The van der Waals surface area contributed by atoms with Crippen LogP contribution < -0.4 is 15.6 Å². The molecule has 1 fully saturated rings. The molecular weight excluding hydrogens is 306 g/mol. The third kappa shape index (κ3) is 3.32. The minimum atomic E-state index is -0.443. The summed E-state index contributed by atoms with van der Waals surface area (Å²) in [6, 6.07) is 7.27. The number of para-hydroxylation sites is 2. The van der Waals surface area contributed by atoms with Gasteiger partial charge in [0.2, 0.25) is 0 Å². The number of anilines is 1. The first-order valence-electron chi connectivity index (χ1n) is 8.05. The van der Waals surface area contributed by atoms with Crippen molar-refractivity contribution in [1.29, 1.82) is 0 Å². The molecule has 6 nitrogen and oxygen atoms in total. The maximum absolute atomic E-state index is 12.7. The van der Waals surface area contributed by atoms with Crippen LogP contribution in [0.15, 0.2) is 29.1 Å². The first kappa shape index (κ1) is 16.2. The predicted molar refractivity (Wildman–Crippen MR) is 91.6 cm³/mol. The third-order valence-corrected chi connectivity index (χ3v) is 4.26. The molecule has 2 aromatic rings. The van der Waals surface area contributed by atoms with E-state index in [9.17, 15) is 9.59 Å². The van der Waals surface area contributed by atoms with Crippen LogP contribution >= 0.6 is 0 Å². The standard InChI is InChI=1S/C18H21N3O3/c1-11-12(2)20-21(3)18(23)16(11)17(22)19-14-6-4-5-7-15(14)24-10-13-8-9-13/h4-7,13H,8-10H2,1-3H3,(H,19,22). The molecule has 1 saturated carbocycles. The number of nitrogens with zero attached hydrogens (tertiary/aromatic N) is 2. The number of aryl methyl sites for hydroxylation is 2. The van der Waals surface area contributed by atoms with Gasteiger partial charge in [-0.2, -0.15) is 5.10 Å². The molecule has 0 unspecified atom stereocenters. The lowest BCUT2D eigenvalue weighted by Crippen LogP contribution is -2.31. The van der Waals surface area contributed by atoms with E-state index >= 15 is 0 Å². The van der Waals surface area contributed by atoms with Gasteiger partial charge in [0, 0.05) is 7.05 Å². The molecule has 0 spiro atoms. The number of rotatable bonds is 5. The molecule has 1 aliphatic carbocycles. The van der Waals surface area contributed by atoms with Crippen LogP contribution in [0.4, 0.5) is 5.69 Å². The maximum atomic E-state index is 12.7. The molecule has 1 aromatic heterocycles. The Balaban J connectivity index is 1.86. The highest BCUT2D eigenvalue weighted by molar-refractivity contribution is 6.05. The Morgan fingerprint density at radius 1 is 1.33 bits per heavy atom. The zero-order chi connectivity index (χ0) is 17.3. The first-order chi connectivity index (χ1) is 11.5. The van der Waals surface area contributed by atoms with Crippen LogP contribution in [-0.4, -0.2) is 22.3 Å². The molecule has 1 aromatic carbocycles. The fraction of sp³-hybridized carbons (Fsp3) is 0.389. The van der Waals surface area contributed by atoms with Crippen molar-refractivity contribution in [3.05, 3.63) is 51.4 Å². The number of hydrogen-bond donors (Lipinski definition) is 1. The summed E-state index contributed by atoms with van der Waals surface area (Å²) in [7, 11) is 1.54. The summed E-state index contributed by atoms with van der Waals surface area (Å²) in [5, 5.41) is 6.90. The molecule has 1 heterocycles. The largest absolute Gasteiger partial charge is 0.491 e. The van der Waals surface area contributed by atoms with Crippen LogP contribution in [0.25, 0.3) is 0 Å². The number of aromatic nitrogens is 2. The number of carbonyl (C=O) groups excluding carboxylic acids is 1. The molecule has 0 radical (unpaired) electrons. The Morgan fingerprint density at radius 3 is 2.75 bits per heavy atom. The number of amides is 1. The van der Waals surface area contributed by atoms with Gasteiger partial charge in [-0.15, -0.1) is 0 Å². The van der Waals surface area contributed by atoms with E-state index < -0.39 is 11.5 Å². The summed E-state index contributed by atoms with van der Waals surface area (Å²) in [4.78, 5) is 24.9. The minimum absolute atomic E-state index is 0.113. The third-order valence-electron chi connectivity index (χ3n) is 4.26. The second-order valence-electron chi connectivity index (χ2n) is 6.22. The Morgan fingerprint density at radius 2 is 2.04 bits per heavy atom. The SMILES string of the molecule is Cc1nn(C)c(=O)c(C(=O)Nc2ccccc2OCC2CC2)c1C. The zero-order valence-corrected chi connectivity index (χ0v) is 14.1. The quantitative estimate of drug-likeness (QED) is 0.915.